The Hall–Kier alpha value is -3.03. The van der Waals surface area contributed by atoms with Crippen molar-refractivity contribution in [1.29, 1.82) is 5.26 Å². The predicted molar refractivity (Wildman–Crippen MR) is 131 cm³/mol. The minimum absolute atomic E-state index is 0.0967. The second-order valence-electron chi connectivity index (χ2n) is 9.25. The molecule has 0 unspecified atom stereocenters. The van der Waals surface area contributed by atoms with Gasteiger partial charge in [0.25, 0.3) is 0 Å². The van der Waals surface area contributed by atoms with Gasteiger partial charge in [-0.15, -0.1) is 0 Å². The highest BCUT2D eigenvalue weighted by Gasteiger charge is 2.34. The van der Waals surface area contributed by atoms with E-state index >= 15 is 0 Å². The van der Waals surface area contributed by atoms with Crippen LogP contribution in [0.15, 0.2) is 36.5 Å². The third-order valence-corrected chi connectivity index (χ3v) is 6.92. The lowest BCUT2D eigenvalue weighted by molar-refractivity contribution is -0.137. The van der Waals surface area contributed by atoms with Gasteiger partial charge in [0, 0.05) is 50.5 Å². The first-order chi connectivity index (χ1) is 17.4. The van der Waals surface area contributed by atoms with Crippen LogP contribution in [0.5, 0.6) is 5.88 Å². The highest BCUT2D eigenvalue weighted by Crippen LogP contribution is 2.34. The Morgan fingerprint density at radius 2 is 1.83 bits per heavy atom. The summed E-state index contributed by atoms with van der Waals surface area (Å²) >= 11 is 0. The molecular weight excluding hydrogens is 471 g/mol. The summed E-state index contributed by atoms with van der Waals surface area (Å²) < 4.78 is 50.9. The molecule has 0 bridgehead atoms. The molecule has 2 fully saturated rings. The van der Waals surface area contributed by atoms with Crippen LogP contribution in [0.4, 0.5) is 24.5 Å². The van der Waals surface area contributed by atoms with Gasteiger partial charge in [-0.2, -0.15) is 18.4 Å². The van der Waals surface area contributed by atoms with E-state index in [0.29, 0.717) is 18.2 Å². The zero-order chi connectivity index (χ0) is 25.5. The highest BCUT2D eigenvalue weighted by molar-refractivity contribution is 5.53. The Morgan fingerprint density at radius 1 is 1.08 bits per heavy atom. The molecule has 2 aliphatic rings. The summed E-state index contributed by atoms with van der Waals surface area (Å²) in [5.74, 6) is 0.615. The van der Waals surface area contributed by atoms with E-state index in [4.69, 9.17) is 14.7 Å². The van der Waals surface area contributed by atoms with Crippen LogP contribution in [0, 0.1) is 11.3 Å². The van der Waals surface area contributed by atoms with Gasteiger partial charge in [0.15, 0.2) is 0 Å². The molecule has 0 amide bonds. The van der Waals surface area contributed by atoms with Gasteiger partial charge in [0.1, 0.15) is 0 Å². The fourth-order valence-electron chi connectivity index (χ4n) is 4.83. The summed E-state index contributed by atoms with van der Waals surface area (Å²) in [7, 11) is 1.61. The first-order valence-electron chi connectivity index (χ1n) is 12.3. The number of aromatic nitrogens is 1. The molecule has 0 atom stereocenters. The van der Waals surface area contributed by atoms with E-state index in [1.807, 2.05) is 18.3 Å². The first kappa shape index (κ1) is 26.0. The van der Waals surface area contributed by atoms with E-state index in [9.17, 15) is 13.2 Å². The Balaban J connectivity index is 1.14. The van der Waals surface area contributed by atoms with Gasteiger partial charge in [0.05, 0.1) is 48.9 Å². The fourth-order valence-corrected chi connectivity index (χ4v) is 4.83. The molecule has 36 heavy (non-hydrogen) atoms. The molecule has 2 aromatic rings. The molecule has 0 spiro atoms. The van der Waals surface area contributed by atoms with E-state index in [-0.39, 0.29) is 17.7 Å². The minimum atomic E-state index is -4.55. The van der Waals surface area contributed by atoms with Crippen molar-refractivity contribution < 1.29 is 22.6 Å². The maximum Gasteiger partial charge on any atom is 0.417 e. The second kappa shape index (κ2) is 11.8. The maximum atomic E-state index is 13.2. The summed E-state index contributed by atoms with van der Waals surface area (Å²) in [4.78, 5) is 9.01. The van der Waals surface area contributed by atoms with Crippen LogP contribution in [0.1, 0.15) is 36.8 Å². The lowest BCUT2D eigenvalue weighted by Gasteiger charge is -2.36. The SMILES string of the molecule is COc1ccc(N2CCN(CCOC3CCC(Nc4ccc(C#N)c(C(F)(F)F)c4)CC3)CC2)cn1. The molecule has 1 aliphatic carbocycles. The van der Waals surface area contributed by atoms with Crippen LogP contribution < -0.4 is 15.0 Å². The summed E-state index contributed by atoms with van der Waals surface area (Å²) in [5, 5.41) is 12.2. The van der Waals surface area contributed by atoms with Gasteiger partial charge in [0.2, 0.25) is 5.88 Å². The zero-order valence-corrected chi connectivity index (χ0v) is 20.4. The van der Waals surface area contributed by atoms with Crippen molar-refractivity contribution in [3.05, 3.63) is 47.7 Å². The average molecular weight is 504 g/mol. The lowest BCUT2D eigenvalue weighted by atomic mass is 9.92. The number of hydrogen-bond acceptors (Lipinski definition) is 7. The first-order valence-corrected chi connectivity index (χ1v) is 12.3. The molecule has 1 saturated carbocycles. The smallest absolute Gasteiger partial charge is 0.417 e. The van der Waals surface area contributed by atoms with E-state index in [1.54, 1.807) is 19.2 Å². The van der Waals surface area contributed by atoms with Gasteiger partial charge in [-0.25, -0.2) is 4.98 Å². The number of anilines is 2. The number of halogens is 3. The van der Waals surface area contributed by atoms with Crippen molar-refractivity contribution in [2.75, 3.05) is 56.7 Å². The Bertz CT molecular complexity index is 1030. The summed E-state index contributed by atoms with van der Waals surface area (Å²) in [6, 6.07) is 9.43. The number of alkyl halides is 3. The number of nitrogens with one attached hydrogen (secondary N) is 1. The van der Waals surface area contributed by atoms with Crippen molar-refractivity contribution >= 4 is 11.4 Å². The quantitative estimate of drug-likeness (QED) is 0.567. The fraction of sp³-hybridized carbons (Fsp3) is 0.538. The molecule has 1 aromatic carbocycles. The largest absolute Gasteiger partial charge is 0.481 e. The van der Waals surface area contributed by atoms with Crippen LogP contribution in [0.2, 0.25) is 0 Å². The molecule has 0 radical (unpaired) electrons. The van der Waals surface area contributed by atoms with Crippen molar-refractivity contribution in [3.63, 3.8) is 0 Å². The number of rotatable bonds is 8. The van der Waals surface area contributed by atoms with Gasteiger partial charge in [-0.3, -0.25) is 4.90 Å². The van der Waals surface area contributed by atoms with E-state index in [1.165, 1.54) is 6.07 Å². The Kier molecular flexibility index (Phi) is 8.54. The Morgan fingerprint density at radius 3 is 2.44 bits per heavy atom. The molecular formula is C26H32F3N5O2. The van der Waals surface area contributed by atoms with Crippen LogP contribution >= 0.6 is 0 Å². The summed E-state index contributed by atoms with van der Waals surface area (Å²) in [5.41, 5.74) is 0.251. The normalized spacial score (nSPS) is 21.1. The van der Waals surface area contributed by atoms with Crippen molar-refractivity contribution in [3.8, 4) is 11.9 Å². The molecule has 7 nitrogen and oxygen atoms in total. The zero-order valence-electron chi connectivity index (χ0n) is 20.4. The molecule has 1 N–H and O–H groups in total. The van der Waals surface area contributed by atoms with Gasteiger partial charge < -0.3 is 19.7 Å². The lowest BCUT2D eigenvalue weighted by Crippen LogP contribution is -2.47. The number of nitrogens with zero attached hydrogens (tertiary/aromatic N) is 4. The van der Waals surface area contributed by atoms with Gasteiger partial charge in [-0.1, -0.05) is 0 Å². The second-order valence-corrected chi connectivity index (χ2v) is 9.25. The van der Waals surface area contributed by atoms with Crippen molar-refractivity contribution in [1.82, 2.24) is 9.88 Å². The number of methoxy groups -OCH3 is 1. The number of nitriles is 1. The average Bonchev–Trinajstić information content (AvgIpc) is 2.90. The number of benzene rings is 1. The van der Waals surface area contributed by atoms with Gasteiger partial charge in [-0.05, 0) is 49.9 Å². The molecule has 10 heteroatoms. The molecule has 194 valence electrons. The Labute approximate surface area is 209 Å². The number of piperazine rings is 1. The topological polar surface area (TPSA) is 73.7 Å². The van der Waals surface area contributed by atoms with Crippen LogP contribution in [-0.2, 0) is 10.9 Å². The summed E-state index contributed by atoms with van der Waals surface area (Å²) in [6.45, 7) is 5.38. The molecule has 1 saturated heterocycles. The monoisotopic (exact) mass is 503 g/mol. The molecule has 4 rings (SSSR count). The summed E-state index contributed by atoms with van der Waals surface area (Å²) in [6.07, 6.45) is 0.895. The van der Waals surface area contributed by atoms with Crippen molar-refractivity contribution in [2.24, 2.45) is 0 Å². The predicted octanol–water partition coefficient (Wildman–Crippen LogP) is 4.54. The van der Waals surface area contributed by atoms with Crippen LogP contribution in [0.25, 0.3) is 0 Å². The van der Waals surface area contributed by atoms with Crippen LogP contribution in [-0.4, -0.2) is 68.5 Å². The van der Waals surface area contributed by atoms with Crippen molar-refractivity contribution in [2.45, 2.75) is 44.0 Å². The van der Waals surface area contributed by atoms with Gasteiger partial charge >= 0.3 is 6.18 Å². The number of pyridine rings is 1. The minimum Gasteiger partial charge on any atom is -0.481 e. The third-order valence-electron chi connectivity index (χ3n) is 6.92. The number of ether oxygens (including phenoxy) is 2. The standard InChI is InChI=1S/C26H32F3N5O2/c1-35-25-9-6-22(18-31-25)34-12-10-33(11-13-34)14-15-36-23-7-4-20(5-8-23)32-21-3-2-19(17-30)24(16-21)26(27,28)29/h2-3,6,9,16,18,20,23,32H,4-5,7-8,10-15H2,1H3. The van der Waals surface area contributed by atoms with E-state index in [2.05, 4.69) is 20.1 Å². The van der Waals surface area contributed by atoms with E-state index in [0.717, 1.165) is 70.2 Å². The molecule has 1 aliphatic heterocycles. The molecule has 1 aromatic heterocycles. The molecule has 2 heterocycles. The maximum absolute atomic E-state index is 13.2. The number of hydrogen-bond donors (Lipinski definition) is 1. The van der Waals surface area contributed by atoms with Crippen LogP contribution in [0.3, 0.4) is 0 Å². The van der Waals surface area contributed by atoms with E-state index < -0.39 is 11.7 Å². The third kappa shape index (κ3) is 6.80. The highest BCUT2D eigenvalue weighted by atomic mass is 19.4.